The van der Waals surface area contributed by atoms with Gasteiger partial charge in [0.25, 0.3) is 0 Å². The molecule has 0 atom stereocenters. The van der Waals surface area contributed by atoms with Crippen molar-refractivity contribution in [1.82, 2.24) is 0 Å². The molecule has 0 saturated carbocycles. The number of benzene rings is 2. The standard InChI is InChI=1S/C19H20ClNO3/c1-11-13(6-5-7-16(11)22)17(23)14-10-12(20)8-9-15(14)21-18(24)19(2,3)4/h5-10,22H,1-4H3,(H,21,24). The summed E-state index contributed by atoms with van der Waals surface area (Å²) in [6, 6.07) is 9.50. The lowest BCUT2D eigenvalue weighted by molar-refractivity contribution is -0.123. The van der Waals surface area contributed by atoms with E-state index in [1.165, 1.54) is 12.1 Å². The van der Waals surface area contributed by atoms with Gasteiger partial charge in [-0.2, -0.15) is 0 Å². The molecule has 5 heteroatoms. The van der Waals surface area contributed by atoms with Crippen molar-refractivity contribution in [2.24, 2.45) is 5.41 Å². The Kier molecular flexibility index (Phi) is 4.99. The summed E-state index contributed by atoms with van der Waals surface area (Å²) in [5, 5.41) is 13.0. The maximum absolute atomic E-state index is 12.9. The molecule has 24 heavy (non-hydrogen) atoms. The number of phenols is 1. The smallest absolute Gasteiger partial charge is 0.229 e. The Hall–Kier alpha value is -2.33. The molecule has 0 aliphatic carbocycles. The molecule has 0 aliphatic rings. The fourth-order valence-corrected chi connectivity index (χ4v) is 2.31. The van der Waals surface area contributed by atoms with Gasteiger partial charge in [-0.15, -0.1) is 0 Å². The molecular formula is C19H20ClNO3. The zero-order chi connectivity index (χ0) is 18.1. The van der Waals surface area contributed by atoms with Gasteiger partial charge in [-0.05, 0) is 31.2 Å². The minimum absolute atomic E-state index is 0.0446. The molecule has 2 N–H and O–H groups in total. The van der Waals surface area contributed by atoms with Crippen LogP contribution in [0.2, 0.25) is 5.02 Å². The maximum Gasteiger partial charge on any atom is 0.229 e. The first-order valence-corrected chi connectivity index (χ1v) is 7.93. The average Bonchev–Trinajstić information content (AvgIpc) is 2.50. The van der Waals surface area contributed by atoms with Gasteiger partial charge in [0.2, 0.25) is 5.91 Å². The topological polar surface area (TPSA) is 66.4 Å². The van der Waals surface area contributed by atoms with E-state index < -0.39 is 5.41 Å². The SMILES string of the molecule is Cc1c(O)cccc1C(=O)c1cc(Cl)ccc1NC(=O)C(C)(C)C. The third-order valence-electron chi connectivity index (χ3n) is 3.71. The molecule has 0 spiro atoms. The van der Waals surface area contributed by atoms with Crippen molar-refractivity contribution < 1.29 is 14.7 Å². The van der Waals surface area contributed by atoms with Crippen LogP contribution in [0.4, 0.5) is 5.69 Å². The summed E-state index contributed by atoms with van der Waals surface area (Å²) in [6.07, 6.45) is 0. The zero-order valence-corrected chi connectivity index (χ0v) is 14.9. The van der Waals surface area contributed by atoms with Crippen LogP contribution in [-0.4, -0.2) is 16.8 Å². The number of halogens is 1. The summed E-state index contributed by atoms with van der Waals surface area (Å²) < 4.78 is 0. The van der Waals surface area contributed by atoms with Gasteiger partial charge in [-0.1, -0.05) is 44.5 Å². The number of hydrogen-bond acceptors (Lipinski definition) is 3. The van der Waals surface area contributed by atoms with Crippen LogP contribution in [0.5, 0.6) is 5.75 Å². The number of amides is 1. The molecule has 0 fully saturated rings. The molecule has 4 nitrogen and oxygen atoms in total. The molecule has 1 amide bonds. The van der Waals surface area contributed by atoms with Crippen LogP contribution in [0, 0.1) is 12.3 Å². The summed E-state index contributed by atoms with van der Waals surface area (Å²) in [4.78, 5) is 25.2. The van der Waals surface area contributed by atoms with Crippen LogP contribution in [0.1, 0.15) is 42.3 Å². The van der Waals surface area contributed by atoms with Gasteiger partial charge in [0, 0.05) is 27.1 Å². The van der Waals surface area contributed by atoms with E-state index in [0.717, 1.165) is 0 Å². The third kappa shape index (κ3) is 3.77. The van der Waals surface area contributed by atoms with E-state index in [1.54, 1.807) is 52.0 Å². The van der Waals surface area contributed by atoms with E-state index in [4.69, 9.17) is 11.6 Å². The predicted octanol–water partition coefficient (Wildman–Crippen LogP) is 4.57. The Morgan fingerprint density at radius 1 is 1.08 bits per heavy atom. The number of aromatic hydroxyl groups is 1. The lowest BCUT2D eigenvalue weighted by Gasteiger charge is -2.19. The molecule has 2 aromatic carbocycles. The molecule has 2 rings (SSSR count). The predicted molar refractivity (Wildman–Crippen MR) is 95.8 cm³/mol. The maximum atomic E-state index is 12.9. The molecule has 0 bridgehead atoms. The van der Waals surface area contributed by atoms with Crippen molar-refractivity contribution in [2.75, 3.05) is 5.32 Å². The Labute approximate surface area is 146 Å². The summed E-state index contributed by atoms with van der Waals surface area (Å²) in [5.74, 6) is -0.468. The van der Waals surface area contributed by atoms with Crippen molar-refractivity contribution in [3.63, 3.8) is 0 Å². The van der Waals surface area contributed by atoms with E-state index in [1.807, 2.05) is 0 Å². The van der Waals surface area contributed by atoms with Crippen molar-refractivity contribution in [2.45, 2.75) is 27.7 Å². The molecular weight excluding hydrogens is 326 g/mol. The first-order valence-electron chi connectivity index (χ1n) is 7.55. The van der Waals surface area contributed by atoms with Gasteiger partial charge < -0.3 is 10.4 Å². The number of nitrogens with one attached hydrogen (secondary N) is 1. The largest absolute Gasteiger partial charge is 0.508 e. The molecule has 0 radical (unpaired) electrons. The van der Waals surface area contributed by atoms with Crippen LogP contribution in [0.3, 0.4) is 0 Å². The van der Waals surface area contributed by atoms with Gasteiger partial charge in [0.05, 0.1) is 5.69 Å². The lowest BCUT2D eigenvalue weighted by Crippen LogP contribution is -2.28. The quantitative estimate of drug-likeness (QED) is 0.801. The van der Waals surface area contributed by atoms with Gasteiger partial charge in [-0.25, -0.2) is 0 Å². The van der Waals surface area contributed by atoms with Crippen LogP contribution in [0.25, 0.3) is 0 Å². The van der Waals surface area contributed by atoms with E-state index in [9.17, 15) is 14.7 Å². The summed E-state index contributed by atoms with van der Waals surface area (Å²) >= 11 is 6.03. The highest BCUT2D eigenvalue weighted by atomic mass is 35.5. The molecule has 0 heterocycles. The monoisotopic (exact) mass is 345 g/mol. The van der Waals surface area contributed by atoms with Gasteiger partial charge in [-0.3, -0.25) is 9.59 Å². The number of hydrogen-bond donors (Lipinski definition) is 2. The summed E-state index contributed by atoms with van der Waals surface area (Å²) in [5.41, 5.74) is 0.931. The Balaban J connectivity index is 2.49. The highest BCUT2D eigenvalue weighted by Crippen LogP contribution is 2.28. The third-order valence-corrected chi connectivity index (χ3v) is 3.94. The molecule has 0 saturated heterocycles. The first kappa shape index (κ1) is 18.0. The first-order chi connectivity index (χ1) is 11.1. The second kappa shape index (κ2) is 6.65. The highest BCUT2D eigenvalue weighted by Gasteiger charge is 2.24. The Morgan fingerprint density at radius 2 is 1.75 bits per heavy atom. The lowest BCUT2D eigenvalue weighted by atomic mass is 9.94. The van der Waals surface area contributed by atoms with Crippen molar-refractivity contribution in [3.8, 4) is 5.75 Å². The van der Waals surface area contributed by atoms with Gasteiger partial charge >= 0.3 is 0 Å². The molecule has 0 unspecified atom stereocenters. The number of carbonyl (C=O) groups excluding carboxylic acids is 2. The summed E-state index contributed by atoms with van der Waals surface area (Å²) in [6.45, 7) is 7.04. The number of anilines is 1. The van der Waals surface area contributed by atoms with E-state index in [0.29, 0.717) is 21.8 Å². The minimum atomic E-state index is -0.596. The average molecular weight is 346 g/mol. The Morgan fingerprint density at radius 3 is 2.38 bits per heavy atom. The van der Waals surface area contributed by atoms with Crippen LogP contribution < -0.4 is 5.32 Å². The molecule has 126 valence electrons. The number of rotatable bonds is 3. The van der Waals surface area contributed by atoms with Crippen LogP contribution in [0.15, 0.2) is 36.4 Å². The molecule has 2 aromatic rings. The van der Waals surface area contributed by atoms with E-state index in [-0.39, 0.29) is 23.0 Å². The van der Waals surface area contributed by atoms with Crippen molar-refractivity contribution >= 4 is 29.0 Å². The second-order valence-electron chi connectivity index (χ2n) is 6.67. The molecule has 0 aromatic heterocycles. The normalized spacial score (nSPS) is 11.2. The zero-order valence-electron chi connectivity index (χ0n) is 14.1. The van der Waals surface area contributed by atoms with Crippen molar-refractivity contribution in [1.29, 1.82) is 0 Å². The second-order valence-corrected chi connectivity index (χ2v) is 7.11. The number of carbonyl (C=O) groups is 2. The minimum Gasteiger partial charge on any atom is -0.508 e. The van der Waals surface area contributed by atoms with E-state index in [2.05, 4.69) is 5.32 Å². The molecule has 0 aliphatic heterocycles. The van der Waals surface area contributed by atoms with Crippen molar-refractivity contribution in [3.05, 3.63) is 58.1 Å². The summed E-state index contributed by atoms with van der Waals surface area (Å²) in [7, 11) is 0. The van der Waals surface area contributed by atoms with Crippen LogP contribution in [-0.2, 0) is 4.79 Å². The number of phenolic OH excluding ortho intramolecular Hbond substituents is 1. The fraction of sp³-hybridized carbons (Fsp3) is 0.263. The number of ketones is 1. The Bertz CT molecular complexity index is 807. The van der Waals surface area contributed by atoms with Gasteiger partial charge in [0.15, 0.2) is 5.78 Å². The van der Waals surface area contributed by atoms with E-state index >= 15 is 0 Å². The van der Waals surface area contributed by atoms with Gasteiger partial charge in [0.1, 0.15) is 5.75 Å². The highest BCUT2D eigenvalue weighted by molar-refractivity contribution is 6.31. The van der Waals surface area contributed by atoms with Crippen LogP contribution >= 0.6 is 11.6 Å². The fourth-order valence-electron chi connectivity index (χ4n) is 2.14.